The molecule has 1 aliphatic heterocycles. The van der Waals surface area contributed by atoms with Gasteiger partial charge in [-0.05, 0) is 95.9 Å². The van der Waals surface area contributed by atoms with Crippen molar-refractivity contribution in [1.29, 1.82) is 0 Å². The van der Waals surface area contributed by atoms with Crippen LogP contribution in [0.15, 0.2) is 59.6 Å². The summed E-state index contributed by atoms with van der Waals surface area (Å²) in [5.41, 5.74) is -1.62. The fourth-order valence-electron chi connectivity index (χ4n) is 3.63. The second-order valence-corrected chi connectivity index (χ2v) is 10.5. The van der Waals surface area contributed by atoms with Gasteiger partial charge in [-0.15, -0.1) is 0 Å². The predicted molar refractivity (Wildman–Crippen MR) is 147 cm³/mol. The average Bonchev–Trinajstić information content (AvgIpc) is 3.51. The summed E-state index contributed by atoms with van der Waals surface area (Å²) < 4.78 is 105. The van der Waals surface area contributed by atoms with E-state index in [1.807, 2.05) is 4.72 Å². The SMILES string of the molecule is [2H]c1nc(Nc2ccc(OCC([2H])([2H])N3CCCC3)cc2)nc(Nc2cccc(S(=O)(=O)NC(C)(C([2H])([2H])[2H])C([2H])([2H])[2H])c2)c1C. The molecule has 0 spiro atoms. The quantitative estimate of drug-likeness (QED) is 0.340. The van der Waals surface area contributed by atoms with Crippen molar-refractivity contribution in [2.24, 2.45) is 0 Å². The van der Waals surface area contributed by atoms with E-state index in [0.29, 0.717) is 30.1 Å². The van der Waals surface area contributed by atoms with Crippen LogP contribution in [0.4, 0.5) is 23.1 Å². The summed E-state index contributed by atoms with van der Waals surface area (Å²) in [4.78, 5) is 9.96. The lowest BCUT2D eigenvalue weighted by Crippen LogP contribution is -2.40. The molecule has 1 aliphatic rings. The number of hydrogen-bond donors (Lipinski definition) is 3. The summed E-state index contributed by atoms with van der Waals surface area (Å²) in [5.74, 6) is 0.724. The van der Waals surface area contributed by atoms with Gasteiger partial charge in [-0.1, -0.05) is 6.07 Å². The first-order valence-electron chi connectivity index (χ1n) is 16.2. The number of sulfonamides is 1. The van der Waals surface area contributed by atoms with Crippen LogP contribution in [0, 0.1) is 6.92 Å². The largest absolute Gasteiger partial charge is 0.492 e. The van der Waals surface area contributed by atoms with Crippen molar-refractivity contribution in [3.63, 3.8) is 0 Å². The summed E-state index contributed by atoms with van der Waals surface area (Å²) >= 11 is 0. The lowest BCUT2D eigenvalue weighted by Gasteiger charge is -2.20. The van der Waals surface area contributed by atoms with Crippen molar-refractivity contribution < 1.29 is 25.5 Å². The molecule has 3 N–H and O–H groups in total. The molecule has 0 amide bonds. The molecular formula is C27H36N6O3S. The number of nitrogens with one attached hydrogen (secondary N) is 3. The molecule has 4 rings (SSSR count). The molecule has 9 nitrogen and oxygen atoms in total. The van der Waals surface area contributed by atoms with Crippen molar-refractivity contribution in [1.82, 2.24) is 19.6 Å². The van der Waals surface area contributed by atoms with Crippen LogP contribution in [0.25, 0.3) is 0 Å². The van der Waals surface area contributed by atoms with Gasteiger partial charge in [-0.2, -0.15) is 4.98 Å². The smallest absolute Gasteiger partial charge is 0.241 e. The van der Waals surface area contributed by atoms with Crippen LogP contribution in [0.2, 0.25) is 0 Å². The van der Waals surface area contributed by atoms with E-state index in [-0.39, 0.29) is 35.1 Å². The molecule has 10 heteroatoms. The normalized spacial score (nSPS) is 19.1. The van der Waals surface area contributed by atoms with Crippen LogP contribution in [-0.2, 0) is 10.0 Å². The minimum atomic E-state index is -4.61. The Morgan fingerprint density at radius 1 is 1.14 bits per heavy atom. The number of anilines is 4. The molecule has 0 aliphatic carbocycles. The van der Waals surface area contributed by atoms with Crippen LogP contribution < -0.4 is 20.1 Å². The standard InChI is InChI=1S/C27H36N6O3S/c1-20-19-28-26(30-21-10-12-23(13-11-21)36-17-16-33-14-5-6-15-33)31-25(20)29-22-8-7-9-24(18-22)37(34,35)32-27(2,3)4/h7-13,18-19,32H,5-6,14-17H2,1-4H3,(H2,28,29,30,31)/i2D3,3D3,16D2,19D. The second kappa shape index (κ2) is 11.5. The van der Waals surface area contributed by atoms with E-state index in [4.69, 9.17) is 17.1 Å². The first-order chi connectivity index (χ1) is 21.2. The molecule has 0 saturated carbocycles. The van der Waals surface area contributed by atoms with Gasteiger partial charge in [0.15, 0.2) is 0 Å². The maximum atomic E-state index is 13.2. The molecule has 2 heterocycles. The third kappa shape index (κ3) is 7.88. The van der Waals surface area contributed by atoms with Crippen LogP contribution in [0.1, 0.15) is 51.4 Å². The summed E-state index contributed by atoms with van der Waals surface area (Å²) in [6.45, 7) is -4.23. The molecule has 0 radical (unpaired) electrons. The molecule has 2 aromatic carbocycles. The number of aromatic nitrogens is 2. The number of nitrogens with zero attached hydrogens (tertiary/aromatic N) is 3. The van der Waals surface area contributed by atoms with Crippen LogP contribution in [0.5, 0.6) is 5.75 Å². The van der Waals surface area contributed by atoms with E-state index >= 15 is 0 Å². The van der Waals surface area contributed by atoms with E-state index in [2.05, 4.69) is 20.6 Å². The molecule has 3 aromatic rings. The molecule has 1 saturated heterocycles. The monoisotopic (exact) mass is 533 g/mol. The van der Waals surface area contributed by atoms with E-state index in [1.165, 1.54) is 24.3 Å². The molecule has 1 fully saturated rings. The van der Waals surface area contributed by atoms with Gasteiger partial charge in [-0.25, -0.2) is 18.1 Å². The fourth-order valence-corrected chi connectivity index (χ4v) is 4.83. The summed E-state index contributed by atoms with van der Waals surface area (Å²) in [7, 11) is -4.61. The zero-order valence-electron chi connectivity index (χ0n) is 29.6. The third-order valence-electron chi connectivity index (χ3n) is 5.39. The Bertz CT molecular complexity index is 1630. The maximum Gasteiger partial charge on any atom is 0.241 e. The van der Waals surface area contributed by atoms with Gasteiger partial charge >= 0.3 is 0 Å². The molecule has 0 bridgehead atoms. The highest BCUT2D eigenvalue weighted by molar-refractivity contribution is 7.89. The minimum absolute atomic E-state index is 0.0636. The van der Waals surface area contributed by atoms with E-state index in [0.717, 1.165) is 19.8 Å². The number of benzene rings is 2. The summed E-state index contributed by atoms with van der Waals surface area (Å²) in [6.07, 6.45) is 1.82. The number of ether oxygens (including phenoxy) is 1. The van der Waals surface area contributed by atoms with Crippen LogP contribution in [-0.4, -0.2) is 55.0 Å². The molecule has 1 aromatic heterocycles. The predicted octanol–water partition coefficient (Wildman–Crippen LogP) is 4.82. The Morgan fingerprint density at radius 2 is 1.89 bits per heavy atom. The van der Waals surface area contributed by atoms with Gasteiger partial charge in [0.2, 0.25) is 16.0 Å². The fraction of sp³-hybridized carbons (Fsp3) is 0.407. The highest BCUT2D eigenvalue weighted by Crippen LogP contribution is 2.24. The lowest BCUT2D eigenvalue weighted by atomic mass is 10.1. The lowest BCUT2D eigenvalue weighted by molar-refractivity contribution is 0.238. The molecule has 37 heavy (non-hydrogen) atoms. The minimum Gasteiger partial charge on any atom is -0.492 e. The number of rotatable bonds is 10. The Kier molecular flexibility index (Phi) is 5.36. The molecule has 0 unspecified atom stereocenters. The van der Waals surface area contributed by atoms with Crippen molar-refractivity contribution in [3.05, 3.63) is 60.3 Å². The first-order valence-corrected chi connectivity index (χ1v) is 13.2. The summed E-state index contributed by atoms with van der Waals surface area (Å²) in [6, 6.07) is 12.0. The highest BCUT2D eigenvalue weighted by atomic mass is 32.2. The zero-order valence-corrected chi connectivity index (χ0v) is 21.4. The van der Waals surface area contributed by atoms with Gasteiger partial charge in [0.05, 0.1) is 6.27 Å². The summed E-state index contributed by atoms with van der Waals surface area (Å²) in [5, 5.41) is 5.95. The van der Waals surface area contributed by atoms with Gasteiger partial charge in [0.1, 0.15) is 18.2 Å². The average molecular weight is 534 g/mol. The Labute approximate surface area is 232 Å². The second-order valence-electron chi connectivity index (χ2n) is 8.81. The molecule has 198 valence electrons. The Hall–Kier alpha value is -3.21. The van der Waals surface area contributed by atoms with Crippen LogP contribution in [0.3, 0.4) is 0 Å². The van der Waals surface area contributed by atoms with Gasteiger partial charge < -0.3 is 15.4 Å². The van der Waals surface area contributed by atoms with E-state index < -0.39 is 35.8 Å². The van der Waals surface area contributed by atoms with Crippen molar-refractivity contribution >= 4 is 33.2 Å². The molecular weight excluding hydrogens is 488 g/mol. The van der Waals surface area contributed by atoms with E-state index in [1.54, 1.807) is 36.1 Å². The third-order valence-corrected chi connectivity index (χ3v) is 6.94. The van der Waals surface area contributed by atoms with E-state index in [9.17, 15) is 8.42 Å². The van der Waals surface area contributed by atoms with Crippen molar-refractivity contribution in [3.8, 4) is 5.75 Å². The Balaban J connectivity index is 1.49. The molecule has 0 atom stereocenters. The van der Waals surface area contributed by atoms with Crippen molar-refractivity contribution in [2.75, 3.05) is 36.8 Å². The first kappa shape index (κ1) is 17.3. The van der Waals surface area contributed by atoms with Crippen molar-refractivity contribution in [2.45, 2.75) is 50.8 Å². The van der Waals surface area contributed by atoms with Crippen LogP contribution >= 0.6 is 0 Å². The zero-order chi connectivity index (χ0) is 34.1. The number of hydrogen-bond acceptors (Lipinski definition) is 8. The van der Waals surface area contributed by atoms with Gasteiger partial charge in [0.25, 0.3) is 0 Å². The Morgan fingerprint density at radius 3 is 2.62 bits per heavy atom. The topological polar surface area (TPSA) is 108 Å². The number of likely N-dealkylation sites (tertiary alicyclic amines) is 1. The maximum absolute atomic E-state index is 13.2. The van der Waals surface area contributed by atoms with Gasteiger partial charge in [0, 0.05) is 46.1 Å². The van der Waals surface area contributed by atoms with Gasteiger partial charge in [-0.3, -0.25) is 4.90 Å². The highest BCUT2D eigenvalue weighted by Gasteiger charge is 2.22.